The third kappa shape index (κ3) is 2.73. The van der Waals surface area contributed by atoms with Crippen molar-refractivity contribution >= 4 is 22.9 Å². The van der Waals surface area contributed by atoms with Crippen molar-refractivity contribution in [2.45, 2.75) is 19.9 Å². The number of H-pyrrole nitrogens is 1. The van der Waals surface area contributed by atoms with E-state index in [4.69, 9.17) is 0 Å². The molecule has 3 aromatic rings. The Labute approximate surface area is 141 Å². The molecular formula is C21H20N2O. The maximum Gasteiger partial charge on any atom is 0.246 e. The number of para-hydroxylation sites is 1. The van der Waals surface area contributed by atoms with E-state index in [1.807, 2.05) is 29.2 Å². The molecule has 4 rings (SSSR count). The van der Waals surface area contributed by atoms with Gasteiger partial charge in [-0.1, -0.05) is 48.0 Å². The molecule has 0 saturated heterocycles. The van der Waals surface area contributed by atoms with E-state index in [9.17, 15) is 4.79 Å². The van der Waals surface area contributed by atoms with Gasteiger partial charge < -0.3 is 9.88 Å². The van der Waals surface area contributed by atoms with Crippen LogP contribution in [0.4, 0.5) is 0 Å². The summed E-state index contributed by atoms with van der Waals surface area (Å²) in [4.78, 5) is 18.0. The molecule has 1 aliphatic heterocycles. The molecule has 0 atom stereocenters. The van der Waals surface area contributed by atoms with Gasteiger partial charge in [0.05, 0.1) is 0 Å². The summed E-state index contributed by atoms with van der Waals surface area (Å²) in [5, 5.41) is 1.23. The van der Waals surface area contributed by atoms with Crippen molar-refractivity contribution in [2.24, 2.45) is 0 Å². The highest BCUT2D eigenvalue weighted by Gasteiger charge is 2.22. The van der Waals surface area contributed by atoms with Crippen LogP contribution in [0.15, 0.2) is 54.6 Å². The minimum atomic E-state index is 0.0763. The number of aryl methyl sites for hydroxylation is 1. The number of nitrogens with zero attached hydrogens (tertiary/aromatic N) is 1. The number of amides is 1. The van der Waals surface area contributed by atoms with E-state index in [-0.39, 0.29) is 5.91 Å². The quantitative estimate of drug-likeness (QED) is 0.711. The summed E-state index contributed by atoms with van der Waals surface area (Å²) >= 11 is 0. The van der Waals surface area contributed by atoms with Gasteiger partial charge in [0.15, 0.2) is 0 Å². The molecule has 120 valence electrons. The van der Waals surface area contributed by atoms with Crippen molar-refractivity contribution in [3.05, 3.63) is 77.0 Å². The fraction of sp³-hybridized carbons (Fsp3) is 0.190. The minimum Gasteiger partial charge on any atom is -0.358 e. The number of aromatic nitrogens is 1. The Bertz CT molecular complexity index is 936. The van der Waals surface area contributed by atoms with E-state index in [0.29, 0.717) is 6.54 Å². The number of carbonyl (C=O) groups excluding carboxylic acids is 1. The fourth-order valence-corrected chi connectivity index (χ4v) is 3.40. The Morgan fingerprint density at radius 2 is 2.04 bits per heavy atom. The van der Waals surface area contributed by atoms with Crippen LogP contribution in [0.1, 0.15) is 22.4 Å². The molecule has 1 aliphatic rings. The SMILES string of the molecule is Cc1cccc(C=CC(=O)N2CCc3[nH]c4ccccc4c3C2)c1. The van der Waals surface area contributed by atoms with Crippen LogP contribution in [0, 0.1) is 6.92 Å². The van der Waals surface area contributed by atoms with Crippen LogP contribution in [0.3, 0.4) is 0 Å². The van der Waals surface area contributed by atoms with Crippen LogP contribution in [0.25, 0.3) is 17.0 Å². The number of hydrogen-bond donors (Lipinski definition) is 1. The number of nitrogens with one attached hydrogen (secondary N) is 1. The summed E-state index contributed by atoms with van der Waals surface area (Å²) in [7, 11) is 0. The predicted molar refractivity (Wildman–Crippen MR) is 97.6 cm³/mol. The van der Waals surface area contributed by atoms with Crippen LogP contribution in [-0.4, -0.2) is 22.3 Å². The smallest absolute Gasteiger partial charge is 0.246 e. The maximum absolute atomic E-state index is 12.6. The van der Waals surface area contributed by atoms with Gasteiger partial charge in [-0.15, -0.1) is 0 Å². The van der Waals surface area contributed by atoms with Crippen molar-refractivity contribution in [3.8, 4) is 0 Å². The van der Waals surface area contributed by atoms with Crippen LogP contribution < -0.4 is 0 Å². The summed E-state index contributed by atoms with van der Waals surface area (Å²) < 4.78 is 0. The van der Waals surface area contributed by atoms with Gasteiger partial charge in [-0.2, -0.15) is 0 Å². The normalized spacial score (nSPS) is 14.3. The zero-order valence-corrected chi connectivity index (χ0v) is 13.8. The number of rotatable bonds is 2. The van der Waals surface area contributed by atoms with Crippen molar-refractivity contribution in [1.82, 2.24) is 9.88 Å². The molecule has 3 heteroatoms. The third-order valence-electron chi connectivity index (χ3n) is 4.65. The molecule has 0 spiro atoms. The first-order valence-electron chi connectivity index (χ1n) is 8.33. The van der Waals surface area contributed by atoms with Crippen LogP contribution in [0.5, 0.6) is 0 Å². The standard InChI is InChI=1S/C21H20N2O/c1-15-5-4-6-16(13-15)9-10-21(24)23-12-11-20-18(14-23)17-7-2-3-8-19(17)22-20/h2-10,13,22H,11-12,14H2,1H3. The Morgan fingerprint density at radius 1 is 1.17 bits per heavy atom. The van der Waals surface area contributed by atoms with E-state index in [1.165, 1.54) is 22.2 Å². The van der Waals surface area contributed by atoms with Crippen LogP contribution in [-0.2, 0) is 17.8 Å². The second-order valence-electron chi connectivity index (χ2n) is 6.38. The molecule has 0 bridgehead atoms. The lowest BCUT2D eigenvalue weighted by Gasteiger charge is -2.26. The van der Waals surface area contributed by atoms with Gasteiger partial charge >= 0.3 is 0 Å². The highest BCUT2D eigenvalue weighted by molar-refractivity contribution is 5.93. The largest absolute Gasteiger partial charge is 0.358 e. The van der Waals surface area contributed by atoms with Gasteiger partial charge in [0, 0.05) is 47.7 Å². The molecular weight excluding hydrogens is 296 g/mol. The first-order chi connectivity index (χ1) is 11.7. The Kier molecular flexibility index (Phi) is 3.69. The summed E-state index contributed by atoms with van der Waals surface area (Å²) in [6.45, 7) is 3.50. The van der Waals surface area contributed by atoms with Gasteiger partial charge in [0.25, 0.3) is 0 Å². The first kappa shape index (κ1) is 14.8. The monoisotopic (exact) mass is 316 g/mol. The zero-order valence-electron chi connectivity index (χ0n) is 13.8. The van der Waals surface area contributed by atoms with E-state index in [1.54, 1.807) is 6.08 Å². The number of hydrogen-bond acceptors (Lipinski definition) is 1. The predicted octanol–water partition coefficient (Wildman–Crippen LogP) is 4.07. The Morgan fingerprint density at radius 3 is 2.92 bits per heavy atom. The summed E-state index contributed by atoms with van der Waals surface area (Å²) in [6, 6.07) is 16.5. The molecule has 0 unspecified atom stereocenters. The second-order valence-corrected chi connectivity index (χ2v) is 6.38. The topological polar surface area (TPSA) is 36.1 Å². The van der Waals surface area contributed by atoms with E-state index >= 15 is 0 Å². The second kappa shape index (κ2) is 6.00. The van der Waals surface area contributed by atoms with Crippen molar-refractivity contribution in [1.29, 1.82) is 0 Å². The molecule has 1 N–H and O–H groups in total. The van der Waals surface area contributed by atoms with E-state index in [0.717, 1.165) is 24.0 Å². The number of aromatic amines is 1. The minimum absolute atomic E-state index is 0.0763. The maximum atomic E-state index is 12.6. The van der Waals surface area contributed by atoms with E-state index < -0.39 is 0 Å². The number of carbonyl (C=O) groups is 1. The van der Waals surface area contributed by atoms with Gasteiger partial charge in [0.1, 0.15) is 0 Å². The molecule has 24 heavy (non-hydrogen) atoms. The molecule has 0 aliphatic carbocycles. The fourth-order valence-electron chi connectivity index (χ4n) is 3.40. The van der Waals surface area contributed by atoms with Gasteiger partial charge in [0.2, 0.25) is 5.91 Å². The Balaban J connectivity index is 1.54. The zero-order chi connectivity index (χ0) is 16.5. The van der Waals surface area contributed by atoms with Gasteiger partial charge in [-0.25, -0.2) is 0 Å². The average Bonchev–Trinajstić information content (AvgIpc) is 2.97. The highest BCUT2D eigenvalue weighted by atomic mass is 16.2. The van der Waals surface area contributed by atoms with Gasteiger partial charge in [-0.3, -0.25) is 4.79 Å². The summed E-state index contributed by atoms with van der Waals surface area (Å²) in [5.41, 5.74) is 5.95. The van der Waals surface area contributed by atoms with Crippen LogP contribution in [0.2, 0.25) is 0 Å². The number of benzene rings is 2. The lowest BCUT2D eigenvalue weighted by Crippen LogP contribution is -2.34. The Hall–Kier alpha value is -2.81. The molecule has 0 fully saturated rings. The molecule has 1 amide bonds. The number of fused-ring (bicyclic) bond motifs is 3. The first-order valence-corrected chi connectivity index (χ1v) is 8.33. The lowest BCUT2D eigenvalue weighted by atomic mass is 10.0. The molecule has 3 nitrogen and oxygen atoms in total. The van der Waals surface area contributed by atoms with Gasteiger partial charge in [-0.05, 0) is 24.6 Å². The highest BCUT2D eigenvalue weighted by Crippen LogP contribution is 2.27. The third-order valence-corrected chi connectivity index (χ3v) is 4.65. The van der Waals surface area contributed by atoms with E-state index in [2.05, 4.69) is 42.2 Å². The van der Waals surface area contributed by atoms with Crippen molar-refractivity contribution < 1.29 is 4.79 Å². The average molecular weight is 316 g/mol. The molecule has 0 radical (unpaired) electrons. The molecule has 2 heterocycles. The molecule has 1 aromatic heterocycles. The van der Waals surface area contributed by atoms with Crippen molar-refractivity contribution in [3.63, 3.8) is 0 Å². The molecule has 2 aromatic carbocycles. The summed E-state index contributed by atoms with van der Waals surface area (Å²) in [6.07, 6.45) is 4.47. The van der Waals surface area contributed by atoms with Crippen molar-refractivity contribution in [2.75, 3.05) is 6.54 Å². The lowest BCUT2D eigenvalue weighted by molar-refractivity contribution is -0.126. The molecule has 0 saturated carbocycles. The summed E-state index contributed by atoms with van der Waals surface area (Å²) in [5.74, 6) is 0.0763. The van der Waals surface area contributed by atoms with Crippen LogP contribution >= 0.6 is 0 Å².